The van der Waals surface area contributed by atoms with Crippen LogP contribution in [0.4, 0.5) is 0 Å². The fraction of sp³-hybridized carbons (Fsp3) is 0.974. The number of ketones is 1. The van der Waals surface area contributed by atoms with Crippen LogP contribution in [0.25, 0.3) is 0 Å². The molecule has 0 aromatic rings. The van der Waals surface area contributed by atoms with Gasteiger partial charge in [-0.2, -0.15) is 0 Å². The van der Waals surface area contributed by atoms with Gasteiger partial charge in [-0.05, 0) is 0 Å². The van der Waals surface area contributed by atoms with Crippen LogP contribution in [-0.4, -0.2) is 219 Å². The molecule has 19 nitrogen and oxygen atoms in total. The topological polar surface area (TPSA) is 183 Å². The van der Waals surface area contributed by atoms with E-state index in [1.165, 1.54) is 0 Å². The lowest BCUT2D eigenvalue weighted by Crippen LogP contribution is -2.47. The van der Waals surface area contributed by atoms with Crippen molar-refractivity contribution in [2.75, 3.05) is 201 Å². The molecule has 0 bridgehead atoms. The predicted octanol–water partition coefficient (Wildman–Crippen LogP) is 1.99. The first-order chi connectivity index (χ1) is 28.3. The van der Waals surface area contributed by atoms with Gasteiger partial charge in [0.2, 0.25) is 0 Å². The summed E-state index contributed by atoms with van der Waals surface area (Å²) in [4.78, 5) is 14.3. The Labute approximate surface area is 347 Å². The quantitative estimate of drug-likeness (QED) is 0.0640. The van der Waals surface area contributed by atoms with Gasteiger partial charge in [-0.15, -0.1) is 0 Å². The summed E-state index contributed by atoms with van der Waals surface area (Å²) >= 11 is 0. The van der Waals surface area contributed by atoms with Crippen LogP contribution in [0.2, 0.25) is 0 Å². The molecule has 2 unspecified atom stereocenters. The first-order valence-corrected chi connectivity index (χ1v) is 20.1. The third-order valence-electron chi connectivity index (χ3n) is 7.97. The lowest BCUT2D eigenvalue weighted by Gasteiger charge is -2.37. The van der Waals surface area contributed by atoms with Crippen molar-refractivity contribution in [1.29, 1.82) is 0 Å². The summed E-state index contributed by atoms with van der Waals surface area (Å²) in [6.07, 6.45) is 0.0714. The van der Waals surface area contributed by atoms with E-state index in [1.807, 2.05) is 0 Å². The Morgan fingerprint density at radius 3 is 0.655 bits per heavy atom. The average molecular weight is 851 g/mol. The first-order valence-electron chi connectivity index (χ1n) is 20.1. The van der Waals surface area contributed by atoms with E-state index in [4.69, 9.17) is 85.3 Å². The van der Waals surface area contributed by atoms with Gasteiger partial charge in [-0.25, -0.2) is 0 Å². The maximum absolute atomic E-state index is 14.3. The van der Waals surface area contributed by atoms with Crippen molar-refractivity contribution in [2.45, 2.75) is 38.6 Å². The molecule has 0 aliphatic rings. The molecule has 0 saturated carbocycles. The standard InChI is InChI=1S/C39H78O19/c1-35(33-38(53-27-21-47-15-9-41-3,54-28-22-48-16-10-42-4)55-29-23-49-17-11-43-5)37(40)36(2)34-39(56-30-24-50-18-12-44-6,57-31-25-51-19-13-45-7)58-32-26-52-20-14-46-8/h35-36H,9-34H2,1-8H3. The van der Waals surface area contributed by atoms with Gasteiger partial charge in [0.15, 0.2) is 0 Å². The summed E-state index contributed by atoms with van der Waals surface area (Å²) in [7, 11) is 9.59. The van der Waals surface area contributed by atoms with Gasteiger partial charge >= 0.3 is 0 Å². The van der Waals surface area contributed by atoms with Crippen LogP contribution in [0, 0.1) is 11.8 Å². The fourth-order valence-corrected chi connectivity index (χ4v) is 5.04. The van der Waals surface area contributed by atoms with Crippen molar-refractivity contribution in [2.24, 2.45) is 11.8 Å². The SMILES string of the molecule is COCCOCCOC(CC(C)C(=O)C(C)CC(OCCOCCOC)(OCCOCCOC)OCCOCCOC)(OCCOCCOC)OCCOCCOC. The molecule has 0 N–H and O–H groups in total. The van der Waals surface area contributed by atoms with Gasteiger partial charge in [-0.1, -0.05) is 13.8 Å². The molecule has 0 amide bonds. The Morgan fingerprint density at radius 1 is 0.310 bits per heavy atom. The first kappa shape index (κ1) is 57.0. The molecule has 0 rings (SSSR count). The number of methoxy groups -OCH3 is 6. The molecule has 348 valence electrons. The van der Waals surface area contributed by atoms with E-state index < -0.39 is 23.8 Å². The highest BCUT2D eigenvalue weighted by atomic mass is 16.9. The van der Waals surface area contributed by atoms with Crippen molar-refractivity contribution in [1.82, 2.24) is 0 Å². The molecule has 0 fully saturated rings. The Bertz CT molecular complexity index is 725. The van der Waals surface area contributed by atoms with Crippen molar-refractivity contribution < 1.29 is 90.1 Å². The van der Waals surface area contributed by atoms with Crippen molar-refractivity contribution in [3.8, 4) is 0 Å². The number of hydrogen-bond acceptors (Lipinski definition) is 19. The van der Waals surface area contributed by atoms with Crippen molar-refractivity contribution in [3.63, 3.8) is 0 Å². The Morgan fingerprint density at radius 2 is 0.483 bits per heavy atom. The molecule has 2 atom stereocenters. The monoisotopic (exact) mass is 851 g/mol. The van der Waals surface area contributed by atoms with Gasteiger partial charge in [0, 0.05) is 67.3 Å². The number of Topliss-reactive ketones (excluding diaryl/α,β-unsaturated/α-hetero) is 1. The zero-order valence-electron chi connectivity index (χ0n) is 36.8. The second-order valence-electron chi connectivity index (χ2n) is 12.7. The van der Waals surface area contributed by atoms with Crippen LogP contribution < -0.4 is 0 Å². The molecule has 0 aromatic heterocycles. The molecule has 0 spiro atoms. The molecule has 0 aliphatic heterocycles. The third-order valence-corrected chi connectivity index (χ3v) is 7.97. The van der Waals surface area contributed by atoms with Gasteiger partial charge in [0.05, 0.1) is 159 Å². The van der Waals surface area contributed by atoms with E-state index in [1.54, 1.807) is 56.5 Å². The van der Waals surface area contributed by atoms with Crippen molar-refractivity contribution >= 4 is 5.78 Å². The summed E-state index contributed by atoms with van der Waals surface area (Å²) in [5.74, 6) is -4.70. The van der Waals surface area contributed by atoms with Crippen LogP contribution >= 0.6 is 0 Å². The summed E-state index contributed by atoms with van der Waals surface area (Å²) in [5.41, 5.74) is 0. The lowest BCUT2D eigenvalue weighted by atomic mass is 9.89. The van der Waals surface area contributed by atoms with E-state index in [0.29, 0.717) is 79.3 Å². The summed E-state index contributed by atoms with van der Waals surface area (Å²) in [5, 5.41) is 0. The molecule has 58 heavy (non-hydrogen) atoms. The maximum Gasteiger partial charge on any atom is 0.283 e. The molecule has 0 aliphatic carbocycles. The number of carbonyl (C=O) groups excluding carboxylic acids is 1. The highest BCUT2D eigenvalue weighted by Gasteiger charge is 2.42. The zero-order chi connectivity index (χ0) is 42.8. The second-order valence-corrected chi connectivity index (χ2v) is 12.7. The molecule has 0 aromatic carbocycles. The van der Waals surface area contributed by atoms with E-state index in [2.05, 4.69) is 0 Å². The Hall–Kier alpha value is -1.05. The van der Waals surface area contributed by atoms with Gasteiger partial charge in [0.1, 0.15) is 5.78 Å². The largest absolute Gasteiger partial charge is 0.382 e. The van der Waals surface area contributed by atoms with Crippen LogP contribution in [0.3, 0.4) is 0 Å². The minimum atomic E-state index is -1.64. The number of ether oxygens (including phenoxy) is 18. The van der Waals surface area contributed by atoms with Crippen molar-refractivity contribution in [3.05, 3.63) is 0 Å². The highest BCUT2D eigenvalue weighted by Crippen LogP contribution is 2.31. The number of hydrogen-bond donors (Lipinski definition) is 0. The molecule has 0 heterocycles. The van der Waals surface area contributed by atoms with Gasteiger partial charge < -0.3 is 85.3 Å². The number of rotatable bonds is 48. The Balaban J connectivity index is 6.25. The smallest absolute Gasteiger partial charge is 0.283 e. The average Bonchev–Trinajstić information content (AvgIpc) is 3.22. The summed E-state index contributed by atoms with van der Waals surface area (Å²) < 4.78 is 102. The normalized spacial score (nSPS) is 13.4. The van der Waals surface area contributed by atoms with Gasteiger partial charge in [0.25, 0.3) is 11.9 Å². The fourth-order valence-electron chi connectivity index (χ4n) is 5.04. The van der Waals surface area contributed by atoms with Crippen LogP contribution in [0.1, 0.15) is 26.7 Å². The van der Waals surface area contributed by atoms with Crippen LogP contribution in [0.15, 0.2) is 0 Å². The van der Waals surface area contributed by atoms with Gasteiger partial charge in [-0.3, -0.25) is 4.79 Å². The number of carbonyl (C=O) groups is 1. The Kier molecular flexibility index (Phi) is 40.6. The molecule has 0 radical (unpaired) electrons. The van der Waals surface area contributed by atoms with E-state index in [-0.39, 0.29) is 97.9 Å². The minimum Gasteiger partial charge on any atom is -0.382 e. The maximum atomic E-state index is 14.3. The third kappa shape index (κ3) is 31.8. The molecular weight excluding hydrogens is 772 g/mol. The van der Waals surface area contributed by atoms with Crippen LogP contribution in [0.5, 0.6) is 0 Å². The highest BCUT2D eigenvalue weighted by molar-refractivity contribution is 5.82. The molecular formula is C39H78O19. The van der Waals surface area contributed by atoms with E-state index in [0.717, 1.165) is 0 Å². The predicted molar refractivity (Wildman–Crippen MR) is 210 cm³/mol. The van der Waals surface area contributed by atoms with E-state index >= 15 is 0 Å². The molecule has 19 heteroatoms. The summed E-state index contributed by atoms with van der Waals surface area (Å²) in [6.45, 7) is 10.5. The lowest BCUT2D eigenvalue weighted by molar-refractivity contribution is -0.392. The summed E-state index contributed by atoms with van der Waals surface area (Å²) in [6, 6.07) is 0. The minimum absolute atomic E-state index is 0.0357. The zero-order valence-corrected chi connectivity index (χ0v) is 36.8. The second kappa shape index (κ2) is 41.3. The molecule has 0 saturated heterocycles. The van der Waals surface area contributed by atoms with Crippen LogP contribution in [-0.2, 0) is 90.1 Å². The van der Waals surface area contributed by atoms with E-state index in [9.17, 15) is 4.79 Å².